The van der Waals surface area contributed by atoms with Gasteiger partial charge in [0.2, 0.25) is 0 Å². The van der Waals surface area contributed by atoms with Gasteiger partial charge < -0.3 is 10.5 Å². The van der Waals surface area contributed by atoms with Crippen molar-refractivity contribution in [2.45, 2.75) is 0 Å². The molecule has 0 heterocycles. The zero-order chi connectivity index (χ0) is 12.4. The van der Waals surface area contributed by atoms with Gasteiger partial charge in [-0.1, -0.05) is 18.2 Å². The monoisotopic (exact) mass is 223 g/mol. The van der Waals surface area contributed by atoms with Crippen molar-refractivity contribution in [3.8, 4) is 29.0 Å². The van der Waals surface area contributed by atoms with Crippen molar-refractivity contribution >= 4 is 5.69 Å². The molecule has 0 radical (unpaired) electrons. The summed E-state index contributed by atoms with van der Waals surface area (Å²) in [5, 5.41) is 18.2. The van der Waals surface area contributed by atoms with E-state index in [1.807, 2.05) is 12.1 Å². The highest BCUT2D eigenvalue weighted by atomic mass is 16.5. The van der Waals surface area contributed by atoms with Gasteiger partial charge in [-0.25, -0.2) is 0 Å². The first-order valence-electron chi connectivity index (χ1n) is 4.93. The van der Waals surface area contributed by atoms with E-state index in [0.717, 1.165) is 0 Å². The van der Waals surface area contributed by atoms with Gasteiger partial charge in [0.05, 0.1) is 23.9 Å². The molecule has 82 valence electrons. The van der Waals surface area contributed by atoms with Crippen LogP contribution in [0.25, 0.3) is 11.1 Å². The highest BCUT2D eigenvalue weighted by molar-refractivity contribution is 5.93. The minimum atomic E-state index is 0.217. The first kappa shape index (κ1) is 10.8. The van der Waals surface area contributed by atoms with E-state index in [2.05, 4.69) is 0 Å². The van der Waals surface area contributed by atoms with Crippen molar-refractivity contribution in [3.63, 3.8) is 0 Å². The molecule has 0 saturated carbocycles. The lowest BCUT2D eigenvalue weighted by Crippen LogP contribution is -1.88. The molecule has 0 saturated heterocycles. The van der Waals surface area contributed by atoms with Crippen LogP contribution in [0.3, 0.4) is 0 Å². The summed E-state index contributed by atoms with van der Waals surface area (Å²) in [4.78, 5) is 0. The Bertz CT molecular complexity index is 635. The Morgan fingerprint density at radius 1 is 1.12 bits per heavy atom. The van der Waals surface area contributed by atoms with Crippen LogP contribution in [0.1, 0.15) is 11.1 Å². The van der Waals surface area contributed by atoms with Gasteiger partial charge in [0.25, 0.3) is 0 Å². The Kier molecular flexibility index (Phi) is 2.56. The average molecular weight is 223 g/mol. The second-order valence-electron chi connectivity index (χ2n) is 3.46. The van der Waals surface area contributed by atoms with Crippen molar-refractivity contribution in [1.29, 1.82) is 10.5 Å². The molecule has 4 heteroatoms. The Labute approximate surface area is 98.8 Å². The molecule has 2 aliphatic carbocycles. The van der Waals surface area contributed by atoms with Crippen molar-refractivity contribution < 1.29 is 4.74 Å². The number of nitriles is 2. The molecule has 0 aromatic rings. The molecule has 0 unspecified atom stereocenters. The zero-order valence-electron chi connectivity index (χ0n) is 9.19. The third-order valence-corrected chi connectivity index (χ3v) is 2.64. The van der Waals surface area contributed by atoms with E-state index in [9.17, 15) is 0 Å². The maximum absolute atomic E-state index is 9.13. The van der Waals surface area contributed by atoms with Crippen LogP contribution in [0.15, 0.2) is 24.3 Å². The van der Waals surface area contributed by atoms with Gasteiger partial charge in [0.15, 0.2) is 0 Å². The van der Waals surface area contributed by atoms with Crippen molar-refractivity contribution in [1.82, 2.24) is 0 Å². The van der Waals surface area contributed by atoms with E-state index >= 15 is 0 Å². The molecule has 0 aromatic heterocycles. The van der Waals surface area contributed by atoms with Crippen LogP contribution in [0.5, 0.6) is 5.75 Å². The Balaban J connectivity index is 2.97. The molecule has 0 aromatic carbocycles. The van der Waals surface area contributed by atoms with E-state index in [4.69, 9.17) is 21.0 Å². The van der Waals surface area contributed by atoms with Crippen LogP contribution in [-0.2, 0) is 0 Å². The lowest BCUT2D eigenvalue weighted by Gasteiger charge is -2.02. The molecule has 2 rings (SSSR count). The van der Waals surface area contributed by atoms with E-state index in [-0.39, 0.29) is 5.69 Å². The van der Waals surface area contributed by atoms with Crippen molar-refractivity contribution in [3.05, 3.63) is 35.4 Å². The van der Waals surface area contributed by atoms with Gasteiger partial charge in [-0.2, -0.15) is 10.5 Å². The molecule has 17 heavy (non-hydrogen) atoms. The zero-order valence-corrected chi connectivity index (χ0v) is 9.19. The van der Waals surface area contributed by atoms with E-state index in [1.54, 1.807) is 24.3 Å². The number of rotatable bonds is 1. The first-order valence-corrected chi connectivity index (χ1v) is 4.93. The molecule has 0 bridgehead atoms. The molecule has 2 aliphatic rings. The molecule has 0 fully saturated rings. The second-order valence-corrected chi connectivity index (χ2v) is 3.46. The summed E-state index contributed by atoms with van der Waals surface area (Å²) >= 11 is 0. The summed E-state index contributed by atoms with van der Waals surface area (Å²) in [5.74, 6) is 0.537. The van der Waals surface area contributed by atoms with Gasteiger partial charge in [-0.15, -0.1) is 0 Å². The summed E-state index contributed by atoms with van der Waals surface area (Å²) in [6.07, 6.45) is 0. The van der Waals surface area contributed by atoms with Gasteiger partial charge in [0, 0.05) is 11.1 Å². The summed E-state index contributed by atoms with van der Waals surface area (Å²) in [6, 6.07) is 11.1. The number of ether oxygens (including phenoxy) is 1. The number of nitrogens with zero attached hydrogens (tertiary/aromatic N) is 2. The van der Waals surface area contributed by atoms with Crippen LogP contribution in [0, 0.1) is 22.7 Å². The van der Waals surface area contributed by atoms with E-state index < -0.39 is 0 Å². The maximum atomic E-state index is 9.13. The standard InChI is InChI=1S/C13H9N3O/c1-17-11-5-3-2-4-8-9(6-14)13(16)10(7-15)12(8)11/h2-5H,16H2,1H3. The van der Waals surface area contributed by atoms with Gasteiger partial charge in [-0.3, -0.25) is 0 Å². The number of nitrogens with two attached hydrogens (primary N) is 1. The number of hydrogen-bond donors (Lipinski definition) is 1. The third-order valence-electron chi connectivity index (χ3n) is 2.64. The fourth-order valence-electron chi connectivity index (χ4n) is 1.87. The fourth-order valence-corrected chi connectivity index (χ4v) is 1.87. The fraction of sp³-hybridized carbons (Fsp3) is 0.0769. The van der Waals surface area contributed by atoms with Gasteiger partial charge in [0.1, 0.15) is 17.9 Å². The van der Waals surface area contributed by atoms with Gasteiger partial charge >= 0.3 is 0 Å². The van der Waals surface area contributed by atoms with Crippen LogP contribution < -0.4 is 10.5 Å². The molecule has 2 N–H and O–H groups in total. The SMILES string of the molecule is COc1ccccc2c(C#N)c(N)c(C#N)c1-2. The quantitative estimate of drug-likeness (QED) is 0.802. The second kappa shape index (κ2) is 4.03. The average Bonchev–Trinajstić information content (AvgIpc) is 2.50. The lowest BCUT2D eigenvalue weighted by atomic mass is 10.1. The number of hydrogen-bond acceptors (Lipinski definition) is 4. The maximum Gasteiger partial charge on any atom is 0.128 e. The molecule has 0 aliphatic heterocycles. The number of methoxy groups -OCH3 is 1. The number of anilines is 1. The summed E-state index contributed by atoms with van der Waals surface area (Å²) in [7, 11) is 1.52. The number of fused-ring (bicyclic) bond motifs is 1. The smallest absolute Gasteiger partial charge is 0.128 e. The minimum absolute atomic E-state index is 0.217. The molecule has 0 atom stereocenters. The Morgan fingerprint density at radius 2 is 1.76 bits per heavy atom. The topological polar surface area (TPSA) is 82.8 Å². The van der Waals surface area contributed by atoms with Crippen LogP contribution in [0.4, 0.5) is 5.69 Å². The predicted molar refractivity (Wildman–Crippen MR) is 63.5 cm³/mol. The molecule has 0 amide bonds. The van der Waals surface area contributed by atoms with Crippen LogP contribution >= 0.6 is 0 Å². The molecular weight excluding hydrogens is 214 g/mol. The molecular formula is C13H9N3O. The molecule has 4 nitrogen and oxygen atoms in total. The third kappa shape index (κ3) is 1.44. The van der Waals surface area contributed by atoms with E-state index in [0.29, 0.717) is 28.0 Å². The van der Waals surface area contributed by atoms with Gasteiger partial charge in [-0.05, 0) is 6.07 Å². The van der Waals surface area contributed by atoms with Crippen LogP contribution in [0.2, 0.25) is 0 Å². The van der Waals surface area contributed by atoms with Crippen molar-refractivity contribution in [2.75, 3.05) is 12.8 Å². The first-order chi connectivity index (χ1) is 8.24. The predicted octanol–water partition coefficient (Wildman–Crippen LogP) is 2.13. The normalized spacial score (nSPS) is 9.59. The lowest BCUT2D eigenvalue weighted by molar-refractivity contribution is 0.417. The number of nitrogen functional groups attached to an aromatic ring is 1. The molecule has 0 spiro atoms. The highest BCUT2D eigenvalue weighted by Gasteiger charge is 2.23. The highest BCUT2D eigenvalue weighted by Crippen LogP contribution is 2.42. The largest absolute Gasteiger partial charge is 0.496 e. The van der Waals surface area contributed by atoms with Crippen molar-refractivity contribution in [2.24, 2.45) is 0 Å². The summed E-state index contributed by atoms with van der Waals surface area (Å²) in [6.45, 7) is 0. The minimum Gasteiger partial charge on any atom is -0.496 e. The summed E-state index contributed by atoms with van der Waals surface area (Å²) in [5.41, 5.74) is 7.87. The Morgan fingerprint density at radius 3 is 2.35 bits per heavy atom. The Hall–Kier alpha value is -2.72. The summed E-state index contributed by atoms with van der Waals surface area (Å²) < 4.78 is 5.23. The van der Waals surface area contributed by atoms with E-state index in [1.165, 1.54) is 7.11 Å². The van der Waals surface area contributed by atoms with Crippen LogP contribution in [-0.4, -0.2) is 7.11 Å².